The summed E-state index contributed by atoms with van der Waals surface area (Å²) in [7, 11) is 0. The van der Waals surface area contributed by atoms with E-state index in [4.69, 9.17) is 10.5 Å². The molecule has 0 unspecified atom stereocenters. The summed E-state index contributed by atoms with van der Waals surface area (Å²) < 4.78 is 5.10. The minimum atomic E-state index is -0.769. The number of hydrogen-bond donors (Lipinski definition) is 1. The Morgan fingerprint density at radius 1 is 1.55 bits per heavy atom. The Balaban J connectivity index is 3.71. The lowest BCUT2D eigenvalue weighted by Gasteiger charge is -2.17. The lowest BCUT2D eigenvalue weighted by molar-refractivity contribution is -0.129. The molecule has 3 heteroatoms. The zero-order valence-corrected chi connectivity index (χ0v) is 7.68. The average Bonchev–Trinajstić information content (AvgIpc) is 1.80. The van der Waals surface area contributed by atoms with Gasteiger partial charge in [-0.1, -0.05) is 0 Å². The number of carbonyl (C=O) groups is 1. The lowest BCUT2D eigenvalue weighted by atomic mass is 10.0. The van der Waals surface area contributed by atoms with Gasteiger partial charge in [0, 0.05) is 0 Å². The van der Waals surface area contributed by atoms with Crippen LogP contribution in [0.4, 0.5) is 0 Å². The molecule has 2 N–H and O–H groups in total. The number of carbonyl (C=O) groups excluding carboxylic acids is 1. The zero-order valence-electron chi connectivity index (χ0n) is 7.68. The molecule has 0 bridgehead atoms. The van der Waals surface area contributed by atoms with Crippen LogP contribution < -0.4 is 5.73 Å². The van der Waals surface area contributed by atoms with Crippen LogP contribution in [-0.4, -0.2) is 24.0 Å². The topological polar surface area (TPSA) is 52.3 Å². The molecule has 11 heavy (non-hydrogen) atoms. The molecular formula is C8H17NO2. The number of rotatable bonds is 4. The van der Waals surface area contributed by atoms with E-state index in [0.717, 1.165) is 0 Å². The minimum Gasteiger partial charge on any atom is -0.371 e. The second-order valence-corrected chi connectivity index (χ2v) is 3.50. The normalized spacial score (nSPS) is 12.2. The van der Waals surface area contributed by atoms with Crippen molar-refractivity contribution >= 4 is 5.78 Å². The predicted molar refractivity (Wildman–Crippen MR) is 44.4 cm³/mol. The van der Waals surface area contributed by atoms with Gasteiger partial charge in [0.15, 0.2) is 5.78 Å². The molecule has 0 aliphatic carbocycles. The predicted octanol–water partition coefficient (Wildman–Crippen LogP) is 0.718. The smallest absolute Gasteiger partial charge is 0.177 e. The minimum absolute atomic E-state index is 0.0637. The maximum absolute atomic E-state index is 11.1. The fourth-order valence-corrected chi connectivity index (χ4v) is 0.428. The van der Waals surface area contributed by atoms with Crippen molar-refractivity contribution in [2.24, 2.45) is 5.73 Å². The van der Waals surface area contributed by atoms with E-state index in [2.05, 4.69) is 0 Å². The van der Waals surface area contributed by atoms with E-state index < -0.39 is 5.54 Å². The maximum atomic E-state index is 11.1. The van der Waals surface area contributed by atoms with Gasteiger partial charge in [-0.3, -0.25) is 4.79 Å². The molecule has 0 aliphatic rings. The Hall–Kier alpha value is -0.410. The first-order valence-electron chi connectivity index (χ1n) is 3.78. The van der Waals surface area contributed by atoms with E-state index in [1.165, 1.54) is 0 Å². The number of ketones is 1. The Morgan fingerprint density at radius 2 is 2.00 bits per heavy atom. The highest BCUT2D eigenvalue weighted by Crippen LogP contribution is 2.00. The van der Waals surface area contributed by atoms with Crippen molar-refractivity contribution in [1.82, 2.24) is 0 Å². The van der Waals surface area contributed by atoms with Gasteiger partial charge in [-0.05, 0) is 27.7 Å². The third kappa shape index (κ3) is 4.93. The highest BCUT2D eigenvalue weighted by Gasteiger charge is 2.21. The second-order valence-electron chi connectivity index (χ2n) is 3.50. The summed E-state index contributed by atoms with van der Waals surface area (Å²) in [5, 5.41) is 0. The number of hydrogen-bond acceptors (Lipinski definition) is 3. The molecule has 0 radical (unpaired) electrons. The Labute approximate surface area is 67.9 Å². The quantitative estimate of drug-likeness (QED) is 0.657. The van der Waals surface area contributed by atoms with Gasteiger partial charge in [-0.25, -0.2) is 0 Å². The number of Topliss-reactive ketones (excluding diaryl/α,β-unsaturated/α-hetero) is 1. The number of ether oxygens (including phenoxy) is 1. The van der Waals surface area contributed by atoms with Gasteiger partial charge in [0.25, 0.3) is 0 Å². The van der Waals surface area contributed by atoms with E-state index >= 15 is 0 Å². The first-order chi connectivity index (χ1) is 4.84. The van der Waals surface area contributed by atoms with E-state index in [-0.39, 0.29) is 18.5 Å². The van der Waals surface area contributed by atoms with Gasteiger partial charge in [0.05, 0.1) is 11.6 Å². The zero-order chi connectivity index (χ0) is 9.07. The lowest BCUT2D eigenvalue weighted by Crippen LogP contribution is -2.44. The molecule has 0 aromatic heterocycles. The van der Waals surface area contributed by atoms with Crippen molar-refractivity contribution in [3.8, 4) is 0 Å². The van der Waals surface area contributed by atoms with Gasteiger partial charge >= 0.3 is 0 Å². The molecule has 0 aromatic rings. The van der Waals surface area contributed by atoms with Crippen LogP contribution in [0.3, 0.4) is 0 Å². The van der Waals surface area contributed by atoms with Crippen LogP contribution in [0, 0.1) is 0 Å². The monoisotopic (exact) mass is 159 g/mol. The molecule has 0 aromatic carbocycles. The van der Waals surface area contributed by atoms with E-state index in [9.17, 15) is 4.79 Å². The first kappa shape index (κ1) is 10.6. The summed E-state index contributed by atoms with van der Waals surface area (Å²) in [6, 6.07) is 0. The van der Waals surface area contributed by atoms with Crippen molar-refractivity contribution in [2.75, 3.05) is 6.61 Å². The van der Waals surface area contributed by atoms with Gasteiger partial charge in [0.1, 0.15) is 6.61 Å². The fourth-order valence-electron chi connectivity index (χ4n) is 0.428. The molecule has 0 atom stereocenters. The highest BCUT2D eigenvalue weighted by molar-refractivity contribution is 5.88. The highest BCUT2D eigenvalue weighted by atomic mass is 16.5. The molecule has 0 aliphatic heterocycles. The van der Waals surface area contributed by atoms with Crippen LogP contribution >= 0.6 is 0 Å². The third-order valence-corrected chi connectivity index (χ3v) is 1.27. The molecular weight excluding hydrogens is 142 g/mol. The van der Waals surface area contributed by atoms with Gasteiger partial charge in [-0.2, -0.15) is 0 Å². The van der Waals surface area contributed by atoms with Gasteiger partial charge in [-0.15, -0.1) is 0 Å². The van der Waals surface area contributed by atoms with Crippen molar-refractivity contribution < 1.29 is 9.53 Å². The van der Waals surface area contributed by atoms with Crippen LogP contribution in [0.5, 0.6) is 0 Å². The summed E-state index contributed by atoms with van der Waals surface area (Å²) in [6.07, 6.45) is 0.0845. The standard InChI is InChI=1S/C8H17NO2/c1-6(2)11-5-7(10)8(3,4)9/h6H,5,9H2,1-4H3. The molecule has 0 heterocycles. The summed E-state index contributed by atoms with van der Waals surface area (Å²) in [5.74, 6) is -0.0637. The van der Waals surface area contributed by atoms with Crippen LogP contribution in [-0.2, 0) is 9.53 Å². The van der Waals surface area contributed by atoms with Crippen LogP contribution in [0.2, 0.25) is 0 Å². The van der Waals surface area contributed by atoms with E-state index in [1.807, 2.05) is 13.8 Å². The number of nitrogens with two attached hydrogens (primary N) is 1. The maximum Gasteiger partial charge on any atom is 0.177 e. The SMILES string of the molecule is CC(C)OCC(=O)C(C)(C)N. The van der Waals surface area contributed by atoms with Crippen LogP contribution in [0.1, 0.15) is 27.7 Å². The van der Waals surface area contributed by atoms with Crippen molar-refractivity contribution in [3.63, 3.8) is 0 Å². The molecule has 0 rings (SSSR count). The summed E-state index contributed by atoms with van der Waals surface area (Å²) in [5.41, 5.74) is 4.77. The van der Waals surface area contributed by atoms with E-state index in [0.29, 0.717) is 0 Å². The van der Waals surface area contributed by atoms with Gasteiger partial charge < -0.3 is 10.5 Å². The van der Waals surface area contributed by atoms with Crippen molar-refractivity contribution in [2.45, 2.75) is 39.3 Å². The average molecular weight is 159 g/mol. The van der Waals surface area contributed by atoms with Gasteiger partial charge in [0.2, 0.25) is 0 Å². The molecule has 3 nitrogen and oxygen atoms in total. The van der Waals surface area contributed by atoms with E-state index in [1.54, 1.807) is 13.8 Å². The Bertz CT molecular complexity index is 136. The van der Waals surface area contributed by atoms with Crippen LogP contribution in [0.25, 0.3) is 0 Å². The Kier molecular flexibility index (Phi) is 3.69. The first-order valence-corrected chi connectivity index (χ1v) is 3.78. The Morgan fingerprint density at radius 3 is 2.27 bits per heavy atom. The molecule has 66 valence electrons. The molecule has 0 amide bonds. The molecule has 0 fully saturated rings. The summed E-state index contributed by atoms with van der Waals surface area (Å²) >= 11 is 0. The molecule has 0 saturated heterocycles. The second kappa shape index (κ2) is 3.83. The fraction of sp³-hybridized carbons (Fsp3) is 0.875. The summed E-state index contributed by atoms with van der Waals surface area (Å²) in [6.45, 7) is 7.24. The van der Waals surface area contributed by atoms with Crippen molar-refractivity contribution in [1.29, 1.82) is 0 Å². The largest absolute Gasteiger partial charge is 0.371 e. The molecule has 0 saturated carbocycles. The summed E-state index contributed by atoms with van der Waals surface area (Å²) in [4.78, 5) is 11.1. The van der Waals surface area contributed by atoms with Crippen LogP contribution in [0.15, 0.2) is 0 Å². The molecule has 0 spiro atoms. The van der Waals surface area contributed by atoms with Crippen molar-refractivity contribution in [3.05, 3.63) is 0 Å². The third-order valence-electron chi connectivity index (χ3n) is 1.27.